The van der Waals surface area contributed by atoms with Crippen LogP contribution in [0.2, 0.25) is 0 Å². The van der Waals surface area contributed by atoms with E-state index in [1.54, 1.807) is 0 Å². The summed E-state index contributed by atoms with van der Waals surface area (Å²) in [6, 6.07) is 5.16. The van der Waals surface area contributed by atoms with E-state index in [0.717, 1.165) is 30.5 Å². The smallest absolute Gasteiger partial charge is 0.416 e. The van der Waals surface area contributed by atoms with E-state index in [4.69, 9.17) is 4.74 Å². The molecule has 9 nitrogen and oxygen atoms in total. The van der Waals surface area contributed by atoms with Crippen molar-refractivity contribution in [2.75, 3.05) is 23.3 Å². The lowest BCUT2D eigenvalue weighted by atomic mass is 10.0. The average Bonchev–Trinajstić information content (AvgIpc) is 2.79. The Balaban J connectivity index is 1.66. The first-order chi connectivity index (χ1) is 16.5. The molecule has 1 aliphatic rings. The normalized spacial score (nSPS) is 18.4. The predicted molar refractivity (Wildman–Crippen MR) is 117 cm³/mol. The molecule has 0 bridgehead atoms. The maximum atomic E-state index is 14.5. The van der Waals surface area contributed by atoms with Crippen molar-refractivity contribution in [1.82, 2.24) is 20.2 Å². The molecule has 3 aromatic rings. The van der Waals surface area contributed by atoms with Crippen LogP contribution in [0.25, 0.3) is 11.1 Å². The van der Waals surface area contributed by atoms with Gasteiger partial charge in [0.05, 0.1) is 24.0 Å². The molecule has 2 atom stereocenters. The molecule has 1 aliphatic heterocycles. The third-order valence-corrected chi connectivity index (χ3v) is 5.20. The first kappa shape index (κ1) is 24.3. The van der Waals surface area contributed by atoms with E-state index in [9.17, 15) is 27.5 Å². The van der Waals surface area contributed by atoms with Crippen LogP contribution in [0.15, 0.2) is 36.5 Å². The zero-order chi connectivity index (χ0) is 25.3. The van der Waals surface area contributed by atoms with E-state index in [1.165, 1.54) is 6.07 Å². The van der Waals surface area contributed by atoms with Gasteiger partial charge < -0.3 is 20.1 Å². The first-order valence-corrected chi connectivity index (χ1v) is 10.5. The van der Waals surface area contributed by atoms with Crippen molar-refractivity contribution in [2.45, 2.75) is 32.2 Å². The van der Waals surface area contributed by atoms with Gasteiger partial charge in [-0.3, -0.25) is 0 Å². The summed E-state index contributed by atoms with van der Waals surface area (Å²) in [6.45, 7) is 4.79. The number of alkyl halides is 3. The Morgan fingerprint density at radius 3 is 2.40 bits per heavy atom. The lowest BCUT2D eigenvalue weighted by molar-refractivity contribution is -0.137. The number of hydrogen-bond acceptors (Lipinski definition) is 8. The van der Waals surface area contributed by atoms with Gasteiger partial charge in [-0.15, -0.1) is 10.2 Å². The Bertz CT molecular complexity index is 1230. The fourth-order valence-electron chi connectivity index (χ4n) is 3.73. The van der Waals surface area contributed by atoms with Crippen LogP contribution in [-0.4, -0.2) is 56.5 Å². The monoisotopic (exact) mass is 492 g/mol. The molecule has 35 heavy (non-hydrogen) atoms. The van der Waals surface area contributed by atoms with E-state index >= 15 is 0 Å². The molecule has 4 rings (SSSR count). The van der Waals surface area contributed by atoms with Crippen LogP contribution >= 0.6 is 0 Å². The summed E-state index contributed by atoms with van der Waals surface area (Å²) in [5.41, 5.74) is -1.21. The number of carbonyl (C=O) groups is 1. The first-order valence-electron chi connectivity index (χ1n) is 10.5. The highest BCUT2D eigenvalue weighted by molar-refractivity contribution is 5.94. The Kier molecular flexibility index (Phi) is 6.52. The zero-order valence-corrected chi connectivity index (χ0v) is 18.5. The molecule has 0 amide bonds. The number of aromatic carboxylic acids is 1. The van der Waals surface area contributed by atoms with Gasteiger partial charge >= 0.3 is 12.1 Å². The van der Waals surface area contributed by atoms with Gasteiger partial charge in [-0.1, -0.05) is 12.1 Å². The van der Waals surface area contributed by atoms with Crippen molar-refractivity contribution in [3.05, 3.63) is 53.6 Å². The molecule has 0 radical (unpaired) electrons. The molecule has 1 fully saturated rings. The van der Waals surface area contributed by atoms with Crippen molar-refractivity contribution < 1.29 is 32.2 Å². The largest absolute Gasteiger partial charge is 0.476 e. The Labute approximate surface area is 196 Å². The number of benzene rings is 1. The Morgan fingerprint density at radius 1 is 1.14 bits per heavy atom. The number of rotatable bonds is 5. The molecule has 13 heteroatoms. The number of anilines is 3. The molecular formula is C22H20F4N6O3. The Hall–Kier alpha value is -3.87. The van der Waals surface area contributed by atoms with Crippen LogP contribution in [-0.2, 0) is 10.9 Å². The van der Waals surface area contributed by atoms with Crippen molar-refractivity contribution >= 4 is 23.6 Å². The molecule has 1 aromatic carbocycles. The van der Waals surface area contributed by atoms with Crippen LogP contribution in [0, 0.1) is 5.82 Å². The number of ether oxygens (including phenoxy) is 1. The number of aromatic nitrogens is 4. The highest BCUT2D eigenvalue weighted by Gasteiger charge is 2.30. The van der Waals surface area contributed by atoms with Gasteiger partial charge in [0, 0.05) is 18.7 Å². The molecule has 1 saturated heterocycles. The second-order valence-corrected chi connectivity index (χ2v) is 8.03. The quantitative estimate of drug-likeness (QED) is 0.507. The summed E-state index contributed by atoms with van der Waals surface area (Å²) in [5.74, 6) is -2.24. The van der Waals surface area contributed by atoms with E-state index < -0.39 is 29.2 Å². The van der Waals surface area contributed by atoms with Gasteiger partial charge in [0.15, 0.2) is 23.1 Å². The van der Waals surface area contributed by atoms with Crippen LogP contribution in [0.1, 0.15) is 29.9 Å². The van der Waals surface area contributed by atoms with Gasteiger partial charge in [0.2, 0.25) is 5.95 Å². The van der Waals surface area contributed by atoms with Crippen LogP contribution in [0.3, 0.4) is 0 Å². The maximum Gasteiger partial charge on any atom is 0.416 e. The standard InChI is InChI=1S/C22H20F4N6O3/c1-11-9-32(10-12(2)35-11)21-27-8-16(23)19(29-21)28-17-7-15(18(20(33)34)31-30-17)13-3-5-14(6-4-13)22(24,25)26/h3-8,11-12H,9-10H2,1-2H3,(H,33,34)(H,27,28,29,30)/t11-,12+. The number of nitrogens with one attached hydrogen (secondary N) is 1. The highest BCUT2D eigenvalue weighted by atomic mass is 19.4. The van der Waals surface area contributed by atoms with Crippen molar-refractivity contribution in [2.24, 2.45) is 0 Å². The molecule has 0 spiro atoms. The fraction of sp³-hybridized carbons (Fsp3) is 0.318. The summed E-state index contributed by atoms with van der Waals surface area (Å²) in [4.78, 5) is 21.7. The minimum Gasteiger partial charge on any atom is -0.476 e. The van der Waals surface area contributed by atoms with Crippen molar-refractivity contribution in [1.29, 1.82) is 0 Å². The lowest BCUT2D eigenvalue weighted by Gasteiger charge is -2.35. The molecular weight excluding hydrogens is 472 g/mol. The number of hydrogen-bond donors (Lipinski definition) is 2. The van der Waals surface area contributed by atoms with Crippen LogP contribution in [0.5, 0.6) is 0 Å². The summed E-state index contributed by atoms with van der Waals surface area (Å²) in [5, 5.41) is 19.5. The van der Waals surface area contributed by atoms with Crippen molar-refractivity contribution in [3.63, 3.8) is 0 Å². The molecule has 0 saturated carbocycles. The molecule has 2 N–H and O–H groups in total. The molecule has 0 unspecified atom stereocenters. The molecule has 0 aliphatic carbocycles. The van der Waals surface area contributed by atoms with Gasteiger partial charge in [0.25, 0.3) is 0 Å². The van der Waals surface area contributed by atoms with E-state index in [2.05, 4.69) is 25.5 Å². The van der Waals surface area contributed by atoms with Crippen molar-refractivity contribution in [3.8, 4) is 11.1 Å². The van der Waals surface area contributed by atoms with E-state index in [1.807, 2.05) is 18.7 Å². The van der Waals surface area contributed by atoms with Gasteiger partial charge in [-0.25, -0.2) is 14.2 Å². The summed E-state index contributed by atoms with van der Waals surface area (Å²) in [6.07, 6.45) is -3.71. The SMILES string of the molecule is C[C@@H]1CN(c2ncc(F)c(Nc3cc(-c4ccc(C(F)(F)F)cc4)c(C(=O)O)nn3)n2)C[C@H](C)O1. The topological polar surface area (TPSA) is 113 Å². The van der Waals surface area contributed by atoms with E-state index in [0.29, 0.717) is 13.1 Å². The van der Waals surface area contributed by atoms with Crippen LogP contribution in [0.4, 0.5) is 35.1 Å². The fourth-order valence-corrected chi connectivity index (χ4v) is 3.73. The van der Waals surface area contributed by atoms with Gasteiger partial charge in [-0.2, -0.15) is 18.2 Å². The lowest BCUT2D eigenvalue weighted by Crippen LogP contribution is -2.46. The average molecular weight is 492 g/mol. The zero-order valence-electron chi connectivity index (χ0n) is 18.5. The number of nitrogens with zero attached hydrogens (tertiary/aromatic N) is 5. The summed E-state index contributed by atoms with van der Waals surface area (Å²) in [7, 11) is 0. The number of halogens is 4. The van der Waals surface area contributed by atoms with Gasteiger partial charge in [-0.05, 0) is 37.6 Å². The Morgan fingerprint density at radius 2 is 1.80 bits per heavy atom. The maximum absolute atomic E-state index is 14.5. The highest BCUT2D eigenvalue weighted by Crippen LogP contribution is 2.32. The van der Waals surface area contributed by atoms with Crippen LogP contribution < -0.4 is 10.2 Å². The second-order valence-electron chi connectivity index (χ2n) is 8.03. The molecule has 2 aromatic heterocycles. The number of morpholine rings is 1. The minimum atomic E-state index is -4.55. The summed E-state index contributed by atoms with van der Waals surface area (Å²) >= 11 is 0. The number of carboxylic acid groups (broad SMARTS) is 1. The molecule has 184 valence electrons. The van der Waals surface area contributed by atoms with Gasteiger partial charge in [0.1, 0.15) is 0 Å². The second kappa shape index (κ2) is 9.41. The minimum absolute atomic E-state index is 0.00533. The third-order valence-electron chi connectivity index (χ3n) is 5.20. The summed E-state index contributed by atoms with van der Waals surface area (Å²) < 4.78 is 58.9. The predicted octanol–water partition coefficient (Wildman–Crippen LogP) is 4.15. The van der Waals surface area contributed by atoms with E-state index in [-0.39, 0.29) is 40.9 Å². The number of carboxylic acids is 1. The third kappa shape index (κ3) is 5.45. The molecule has 3 heterocycles.